The summed E-state index contributed by atoms with van der Waals surface area (Å²) in [6, 6.07) is 6.24. The van der Waals surface area contributed by atoms with E-state index in [1.807, 2.05) is 23.1 Å². The van der Waals surface area contributed by atoms with Gasteiger partial charge in [0.2, 0.25) is 17.7 Å². The van der Waals surface area contributed by atoms with Gasteiger partial charge in [0, 0.05) is 42.8 Å². The molecule has 1 aromatic carbocycles. The van der Waals surface area contributed by atoms with Crippen molar-refractivity contribution in [1.29, 1.82) is 0 Å². The van der Waals surface area contributed by atoms with Crippen molar-refractivity contribution in [2.75, 3.05) is 22.9 Å². The number of amides is 3. The first-order valence-corrected chi connectivity index (χ1v) is 11.6. The maximum absolute atomic E-state index is 12.7. The first kappa shape index (κ1) is 19.6. The van der Waals surface area contributed by atoms with E-state index in [-0.39, 0.29) is 42.0 Å². The van der Waals surface area contributed by atoms with E-state index in [1.54, 1.807) is 4.90 Å². The van der Waals surface area contributed by atoms with Gasteiger partial charge < -0.3 is 15.1 Å². The summed E-state index contributed by atoms with van der Waals surface area (Å²) in [7, 11) is 0. The Kier molecular flexibility index (Phi) is 5.25. The minimum Gasteiger partial charge on any atom is -0.353 e. The summed E-state index contributed by atoms with van der Waals surface area (Å²) in [6.07, 6.45) is 9.99. The summed E-state index contributed by atoms with van der Waals surface area (Å²) < 4.78 is 0. The van der Waals surface area contributed by atoms with Gasteiger partial charge in [0.1, 0.15) is 0 Å². The maximum Gasteiger partial charge on any atom is 0.230 e. The van der Waals surface area contributed by atoms with Gasteiger partial charge in [-0.3, -0.25) is 14.4 Å². The van der Waals surface area contributed by atoms with Crippen LogP contribution in [0.15, 0.2) is 18.2 Å². The number of anilines is 2. The van der Waals surface area contributed by atoms with E-state index in [2.05, 4.69) is 5.32 Å². The smallest absolute Gasteiger partial charge is 0.230 e. The second kappa shape index (κ2) is 8.05. The monoisotopic (exact) mass is 409 g/mol. The van der Waals surface area contributed by atoms with Crippen LogP contribution < -0.4 is 15.1 Å². The minimum atomic E-state index is -0.274. The molecule has 0 spiro atoms. The molecule has 160 valence electrons. The predicted octanol–water partition coefficient (Wildman–Crippen LogP) is 3.18. The molecule has 3 amide bonds. The van der Waals surface area contributed by atoms with Gasteiger partial charge in [-0.1, -0.05) is 25.7 Å². The molecular formula is C24H31N3O3. The molecule has 2 aliphatic carbocycles. The first-order chi connectivity index (χ1) is 14.6. The molecule has 5 rings (SSSR count). The Morgan fingerprint density at radius 3 is 2.50 bits per heavy atom. The quantitative estimate of drug-likeness (QED) is 0.830. The number of nitrogens with one attached hydrogen (secondary N) is 1. The topological polar surface area (TPSA) is 69.7 Å². The summed E-state index contributed by atoms with van der Waals surface area (Å²) in [5.74, 6) is 0.211. The van der Waals surface area contributed by atoms with Gasteiger partial charge >= 0.3 is 0 Å². The van der Waals surface area contributed by atoms with Crippen LogP contribution in [0.5, 0.6) is 0 Å². The van der Waals surface area contributed by atoms with Crippen LogP contribution in [0.1, 0.15) is 63.4 Å². The largest absolute Gasteiger partial charge is 0.353 e. The summed E-state index contributed by atoms with van der Waals surface area (Å²) in [5, 5.41) is 3.17. The summed E-state index contributed by atoms with van der Waals surface area (Å²) >= 11 is 0. The van der Waals surface area contributed by atoms with E-state index in [1.165, 1.54) is 19.3 Å². The number of hydrogen-bond donors (Lipinski definition) is 1. The SMILES string of the molecule is O=C(NC1CCCCC1)[C@H]1CC(=O)N(c2ccc3c(c2)CCN3C(=O)C2CCC2)C1. The van der Waals surface area contributed by atoms with Crippen molar-refractivity contribution in [1.82, 2.24) is 5.32 Å². The third-order valence-corrected chi connectivity index (χ3v) is 7.44. The van der Waals surface area contributed by atoms with Crippen molar-refractivity contribution < 1.29 is 14.4 Å². The fraction of sp³-hybridized carbons (Fsp3) is 0.625. The predicted molar refractivity (Wildman–Crippen MR) is 115 cm³/mol. The first-order valence-electron chi connectivity index (χ1n) is 11.6. The lowest BCUT2D eigenvalue weighted by molar-refractivity contribution is -0.127. The number of carbonyl (C=O) groups excluding carboxylic acids is 3. The molecule has 1 atom stereocenters. The molecule has 1 saturated heterocycles. The van der Waals surface area contributed by atoms with Gasteiger partial charge in [-0.05, 0) is 55.9 Å². The zero-order valence-corrected chi connectivity index (χ0v) is 17.6. The van der Waals surface area contributed by atoms with Gasteiger partial charge in [0.15, 0.2) is 0 Å². The number of benzene rings is 1. The molecule has 3 fully saturated rings. The van der Waals surface area contributed by atoms with Gasteiger partial charge in [0.25, 0.3) is 0 Å². The van der Waals surface area contributed by atoms with Crippen LogP contribution in [0.25, 0.3) is 0 Å². The molecule has 0 bridgehead atoms. The normalized spacial score (nSPS) is 24.7. The summed E-state index contributed by atoms with van der Waals surface area (Å²) in [5.41, 5.74) is 2.97. The standard InChI is InChI=1S/C24H31N3O3/c28-22-14-18(23(29)25-19-7-2-1-3-8-19)15-27(22)20-9-10-21-17(13-20)11-12-26(21)24(30)16-5-4-6-16/h9-10,13,16,18-19H,1-8,11-12,14-15H2,(H,25,29)/t18-/m0/s1. The van der Waals surface area contributed by atoms with E-state index in [0.29, 0.717) is 6.54 Å². The second-order valence-electron chi connectivity index (χ2n) is 9.43. The molecule has 2 aliphatic heterocycles. The fourth-order valence-electron chi connectivity index (χ4n) is 5.36. The molecular weight excluding hydrogens is 378 g/mol. The number of carbonyl (C=O) groups is 3. The van der Waals surface area contributed by atoms with Crippen molar-refractivity contribution in [3.05, 3.63) is 23.8 Å². The Morgan fingerprint density at radius 2 is 1.77 bits per heavy atom. The van der Waals surface area contributed by atoms with Crippen LogP contribution in [0, 0.1) is 11.8 Å². The third-order valence-electron chi connectivity index (χ3n) is 7.44. The summed E-state index contributed by atoms with van der Waals surface area (Å²) in [6.45, 7) is 1.18. The molecule has 6 heteroatoms. The highest BCUT2D eigenvalue weighted by Gasteiger charge is 2.37. The van der Waals surface area contributed by atoms with Crippen LogP contribution >= 0.6 is 0 Å². The van der Waals surface area contributed by atoms with Gasteiger partial charge in [-0.2, -0.15) is 0 Å². The van der Waals surface area contributed by atoms with Crippen LogP contribution in [-0.4, -0.2) is 36.9 Å². The van der Waals surface area contributed by atoms with E-state index < -0.39 is 0 Å². The highest BCUT2D eigenvalue weighted by molar-refractivity contribution is 6.01. The maximum atomic E-state index is 12.7. The fourth-order valence-corrected chi connectivity index (χ4v) is 5.36. The molecule has 0 unspecified atom stereocenters. The lowest BCUT2D eigenvalue weighted by Crippen LogP contribution is -2.40. The number of hydrogen-bond acceptors (Lipinski definition) is 3. The van der Waals surface area contributed by atoms with Crippen molar-refractivity contribution in [2.24, 2.45) is 11.8 Å². The molecule has 1 N–H and O–H groups in total. The van der Waals surface area contributed by atoms with E-state index >= 15 is 0 Å². The number of nitrogens with zero attached hydrogens (tertiary/aromatic N) is 2. The molecule has 30 heavy (non-hydrogen) atoms. The van der Waals surface area contributed by atoms with Crippen molar-refractivity contribution in [3.63, 3.8) is 0 Å². The Hall–Kier alpha value is -2.37. The molecule has 2 saturated carbocycles. The molecule has 0 aromatic heterocycles. The molecule has 1 aromatic rings. The van der Waals surface area contributed by atoms with Gasteiger partial charge in [-0.25, -0.2) is 0 Å². The molecule has 6 nitrogen and oxygen atoms in total. The average Bonchev–Trinajstić information content (AvgIpc) is 3.30. The lowest BCUT2D eigenvalue weighted by Gasteiger charge is -2.29. The minimum absolute atomic E-state index is 0.0131. The third kappa shape index (κ3) is 3.61. The second-order valence-corrected chi connectivity index (χ2v) is 9.43. The molecule has 0 radical (unpaired) electrons. The Balaban J connectivity index is 1.25. The highest BCUT2D eigenvalue weighted by atomic mass is 16.2. The number of fused-ring (bicyclic) bond motifs is 1. The van der Waals surface area contributed by atoms with Crippen LogP contribution in [0.3, 0.4) is 0 Å². The van der Waals surface area contributed by atoms with E-state index in [4.69, 9.17) is 0 Å². The van der Waals surface area contributed by atoms with Gasteiger partial charge in [0.05, 0.1) is 5.92 Å². The van der Waals surface area contributed by atoms with Crippen molar-refractivity contribution in [3.8, 4) is 0 Å². The van der Waals surface area contributed by atoms with Crippen molar-refractivity contribution in [2.45, 2.75) is 70.3 Å². The van der Waals surface area contributed by atoms with Gasteiger partial charge in [-0.15, -0.1) is 0 Å². The van der Waals surface area contributed by atoms with Crippen LogP contribution in [0.4, 0.5) is 11.4 Å². The van der Waals surface area contributed by atoms with E-state index in [0.717, 1.165) is 62.0 Å². The Morgan fingerprint density at radius 1 is 0.967 bits per heavy atom. The van der Waals surface area contributed by atoms with E-state index in [9.17, 15) is 14.4 Å². The zero-order valence-electron chi connectivity index (χ0n) is 17.6. The molecule has 4 aliphatic rings. The Labute approximate surface area is 178 Å². The van der Waals surface area contributed by atoms with Crippen molar-refractivity contribution >= 4 is 29.1 Å². The average molecular weight is 410 g/mol. The Bertz CT molecular complexity index is 857. The number of rotatable bonds is 4. The molecule has 2 heterocycles. The summed E-state index contributed by atoms with van der Waals surface area (Å²) in [4.78, 5) is 41.7. The highest BCUT2D eigenvalue weighted by Crippen LogP contribution is 2.37. The lowest BCUT2D eigenvalue weighted by atomic mass is 9.84. The van der Waals surface area contributed by atoms with Crippen LogP contribution in [-0.2, 0) is 20.8 Å². The van der Waals surface area contributed by atoms with Crippen LogP contribution in [0.2, 0.25) is 0 Å². The zero-order chi connectivity index (χ0) is 20.7.